The highest BCUT2D eigenvalue weighted by Gasteiger charge is 2.15. The zero-order valence-electron chi connectivity index (χ0n) is 13.6. The standard InChI is InChI=1S/C15H26N4O2/c1-10(2)9-21-7-6-17-15(20)13-12(16-5)8-18-14(19-13)11(3)4/h8,10-11,16H,6-7,9H2,1-5H3,(H,17,20). The molecule has 2 N–H and O–H groups in total. The van der Waals surface area contributed by atoms with E-state index in [-0.39, 0.29) is 11.8 Å². The van der Waals surface area contributed by atoms with Crippen molar-refractivity contribution in [3.8, 4) is 0 Å². The molecule has 6 heteroatoms. The second-order valence-corrected chi connectivity index (χ2v) is 5.62. The van der Waals surface area contributed by atoms with Crippen LogP contribution >= 0.6 is 0 Å². The van der Waals surface area contributed by atoms with E-state index in [1.165, 1.54) is 0 Å². The summed E-state index contributed by atoms with van der Waals surface area (Å²) in [6.45, 7) is 9.84. The molecule has 118 valence electrons. The van der Waals surface area contributed by atoms with Crippen molar-refractivity contribution in [1.29, 1.82) is 0 Å². The molecule has 1 rings (SSSR count). The summed E-state index contributed by atoms with van der Waals surface area (Å²) < 4.78 is 5.44. The van der Waals surface area contributed by atoms with Gasteiger partial charge in [0, 0.05) is 26.1 Å². The van der Waals surface area contributed by atoms with Gasteiger partial charge >= 0.3 is 0 Å². The number of carbonyl (C=O) groups is 1. The molecule has 0 aliphatic heterocycles. The number of hydrogen-bond acceptors (Lipinski definition) is 5. The summed E-state index contributed by atoms with van der Waals surface area (Å²) in [5.41, 5.74) is 1.00. The topological polar surface area (TPSA) is 76.1 Å². The predicted molar refractivity (Wildman–Crippen MR) is 83.7 cm³/mol. The minimum atomic E-state index is -0.211. The fourth-order valence-corrected chi connectivity index (χ4v) is 1.67. The van der Waals surface area contributed by atoms with Gasteiger partial charge in [0.25, 0.3) is 5.91 Å². The van der Waals surface area contributed by atoms with E-state index in [0.717, 1.165) is 0 Å². The predicted octanol–water partition coefficient (Wildman–Crippen LogP) is 2.04. The number of nitrogens with zero attached hydrogens (tertiary/aromatic N) is 2. The molecule has 0 aliphatic carbocycles. The van der Waals surface area contributed by atoms with Crippen LogP contribution in [0.15, 0.2) is 6.20 Å². The van der Waals surface area contributed by atoms with Gasteiger partial charge in [0.2, 0.25) is 0 Å². The molecule has 0 aromatic carbocycles. The smallest absolute Gasteiger partial charge is 0.272 e. The van der Waals surface area contributed by atoms with E-state index >= 15 is 0 Å². The van der Waals surface area contributed by atoms with Gasteiger partial charge < -0.3 is 15.4 Å². The Morgan fingerprint density at radius 1 is 1.33 bits per heavy atom. The second kappa shape index (κ2) is 8.56. The summed E-state index contributed by atoms with van der Waals surface area (Å²) in [5.74, 6) is 1.12. The number of ether oxygens (including phenoxy) is 1. The third-order valence-electron chi connectivity index (χ3n) is 2.79. The second-order valence-electron chi connectivity index (χ2n) is 5.62. The van der Waals surface area contributed by atoms with E-state index in [1.54, 1.807) is 13.2 Å². The molecule has 0 radical (unpaired) electrons. The average Bonchev–Trinajstić information content (AvgIpc) is 2.45. The molecule has 0 aliphatic rings. The van der Waals surface area contributed by atoms with E-state index in [4.69, 9.17) is 4.74 Å². The lowest BCUT2D eigenvalue weighted by molar-refractivity contribution is 0.0882. The molecule has 6 nitrogen and oxygen atoms in total. The molecule has 1 aromatic heterocycles. The van der Waals surface area contributed by atoms with Crippen LogP contribution < -0.4 is 10.6 Å². The van der Waals surface area contributed by atoms with E-state index in [0.29, 0.717) is 42.9 Å². The first-order chi connectivity index (χ1) is 9.95. The fraction of sp³-hybridized carbons (Fsp3) is 0.667. The number of hydrogen-bond donors (Lipinski definition) is 2. The summed E-state index contributed by atoms with van der Waals surface area (Å²) in [6.07, 6.45) is 1.65. The summed E-state index contributed by atoms with van der Waals surface area (Å²) >= 11 is 0. The van der Waals surface area contributed by atoms with Crippen LogP contribution in [0, 0.1) is 5.92 Å². The normalized spacial score (nSPS) is 11.0. The Morgan fingerprint density at radius 2 is 2.05 bits per heavy atom. The Balaban J connectivity index is 2.61. The molecule has 0 saturated heterocycles. The van der Waals surface area contributed by atoms with Crippen molar-refractivity contribution in [2.24, 2.45) is 5.92 Å². The molecular weight excluding hydrogens is 268 g/mol. The third kappa shape index (κ3) is 5.67. The first kappa shape index (κ1) is 17.4. The maximum atomic E-state index is 12.2. The van der Waals surface area contributed by atoms with Crippen LogP contribution in [-0.2, 0) is 4.74 Å². The minimum Gasteiger partial charge on any atom is -0.385 e. The van der Waals surface area contributed by atoms with Crippen LogP contribution in [0.5, 0.6) is 0 Å². The van der Waals surface area contributed by atoms with Gasteiger partial charge in [-0.1, -0.05) is 27.7 Å². The zero-order chi connectivity index (χ0) is 15.8. The van der Waals surface area contributed by atoms with Gasteiger partial charge in [0.1, 0.15) is 5.82 Å². The van der Waals surface area contributed by atoms with Gasteiger partial charge in [0.05, 0.1) is 18.5 Å². The van der Waals surface area contributed by atoms with Gasteiger partial charge in [-0.15, -0.1) is 0 Å². The number of carbonyl (C=O) groups excluding carboxylic acids is 1. The molecule has 0 saturated carbocycles. The Morgan fingerprint density at radius 3 is 2.62 bits per heavy atom. The Hall–Kier alpha value is -1.69. The van der Waals surface area contributed by atoms with Gasteiger partial charge in [-0.3, -0.25) is 4.79 Å². The van der Waals surface area contributed by atoms with Crippen molar-refractivity contribution in [2.45, 2.75) is 33.6 Å². The van der Waals surface area contributed by atoms with Crippen LogP contribution in [0.2, 0.25) is 0 Å². The van der Waals surface area contributed by atoms with Gasteiger partial charge in [0.15, 0.2) is 5.69 Å². The third-order valence-corrected chi connectivity index (χ3v) is 2.79. The molecule has 1 amide bonds. The lowest BCUT2D eigenvalue weighted by Crippen LogP contribution is -2.29. The van der Waals surface area contributed by atoms with Crippen molar-refractivity contribution < 1.29 is 9.53 Å². The summed E-state index contributed by atoms with van der Waals surface area (Å²) in [5, 5.41) is 5.76. The van der Waals surface area contributed by atoms with Gasteiger partial charge in [-0.05, 0) is 5.92 Å². The highest BCUT2D eigenvalue weighted by atomic mass is 16.5. The quantitative estimate of drug-likeness (QED) is 0.718. The molecule has 0 spiro atoms. The number of aromatic nitrogens is 2. The largest absolute Gasteiger partial charge is 0.385 e. The molecule has 0 bridgehead atoms. The first-order valence-electron chi connectivity index (χ1n) is 7.36. The number of rotatable bonds is 8. The number of anilines is 1. The summed E-state index contributed by atoms with van der Waals surface area (Å²) in [4.78, 5) is 20.8. The SMILES string of the molecule is CNc1cnc(C(C)C)nc1C(=O)NCCOCC(C)C. The van der Waals surface area contributed by atoms with Crippen molar-refractivity contribution in [3.05, 3.63) is 17.7 Å². The lowest BCUT2D eigenvalue weighted by Gasteiger charge is -2.12. The average molecular weight is 294 g/mol. The minimum absolute atomic E-state index is 0.178. The van der Waals surface area contributed by atoms with Crippen LogP contribution in [0.4, 0.5) is 5.69 Å². The van der Waals surface area contributed by atoms with Crippen molar-refractivity contribution >= 4 is 11.6 Å². The van der Waals surface area contributed by atoms with Crippen molar-refractivity contribution in [2.75, 3.05) is 32.1 Å². The molecule has 1 heterocycles. The molecule has 0 fully saturated rings. The fourth-order valence-electron chi connectivity index (χ4n) is 1.67. The Bertz CT molecular complexity index is 461. The first-order valence-corrected chi connectivity index (χ1v) is 7.36. The Kier molecular flexibility index (Phi) is 7.08. The van der Waals surface area contributed by atoms with Crippen molar-refractivity contribution in [3.63, 3.8) is 0 Å². The van der Waals surface area contributed by atoms with Crippen LogP contribution in [0.25, 0.3) is 0 Å². The molecule has 0 unspecified atom stereocenters. The van der Waals surface area contributed by atoms with E-state index in [2.05, 4.69) is 34.4 Å². The maximum Gasteiger partial charge on any atom is 0.272 e. The number of amides is 1. The van der Waals surface area contributed by atoms with E-state index < -0.39 is 0 Å². The monoisotopic (exact) mass is 294 g/mol. The highest BCUT2D eigenvalue weighted by molar-refractivity contribution is 5.97. The van der Waals surface area contributed by atoms with Crippen LogP contribution in [0.1, 0.15) is 49.9 Å². The van der Waals surface area contributed by atoms with Gasteiger partial charge in [-0.2, -0.15) is 0 Å². The Labute approximate surface area is 126 Å². The highest BCUT2D eigenvalue weighted by Crippen LogP contribution is 2.15. The van der Waals surface area contributed by atoms with E-state index in [1.807, 2.05) is 13.8 Å². The molecular formula is C15H26N4O2. The summed E-state index contributed by atoms with van der Waals surface area (Å²) in [7, 11) is 1.75. The van der Waals surface area contributed by atoms with Crippen molar-refractivity contribution in [1.82, 2.24) is 15.3 Å². The number of nitrogens with one attached hydrogen (secondary N) is 2. The molecule has 21 heavy (non-hydrogen) atoms. The molecule has 1 aromatic rings. The maximum absolute atomic E-state index is 12.2. The summed E-state index contributed by atoms with van der Waals surface area (Å²) in [6, 6.07) is 0. The lowest BCUT2D eigenvalue weighted by atomic mass is 10.2. The van der Waals surface area contributed by atoms with Gasteiger partial charge in [-0.25, -0.2) is 9.97 Å². The molecule has 0 atom stereocenters. The zero-order valence-corrected chi connectivity index (χ0v) is 13.6. The van der Waals surface area contributed by atoms with Crippen LogP contribution in [0.3, 0.4) is 0 Å². The van der Waals surface area contributed by atoms with Crippen LogP contribution in [-0.4, -0.2) is 42.7 Å². The van der Waals surface area contributed by atoms with E-state index in [9.17, 15) is 4.79 Å².